The predicted molar refractivity (Wildman–Crippen MR) is 230 cm³/mol. The highest BCUT2D eigenvalue weighted by Gasteiger charge is 2.47. The fourth-order valence-electron chi connectivity index (χ4n) is 7.03. The van der Waals surface area contributed by atoms with Crippen molar-refractivity contribution in [2.45, 2.75) is 89.6 Å². The second kappa shape index (κ2) is 23.2. The van der Waals surface area contributed by atoms with Crippen molar-refractivity contribution >= 4 is 10.9 Å². The molecule has 1 saturated heterocycles. The molecule has 1 fully saturated rings. The molecule has 0 spiro atoms. The summed E-state index contributed by atoms with van der Waals surface area (Å²) in [5.41, 5.74) is 5.13. The Labute approximate surface area is 348 Å². The molecule has 59 heavy (non-hydrogen) atoms. The maximum Gasteiger partial charge on any atom is 0.229 e. The lowest BCUT2D eigenvalue weighted by molar-refractivity contribution is -0.281. The van der Waals surface area contributed by atoms with Crippen molar-refractivity contribution < 1.29 is 33.2 Å². The number of benzene rings is 5. The number of unbranched alkanes of at least 4 members (excludes halogenated alkanes) is 5. The Morgan fingerprint density at radius 1 is 0.492 bits per heavy atom. The van der Waals surface area contributed by atoms with Crippen molar-refractivity contribution in [1.82, 2.24) is 4.98 Å². The van der Waals surface area contributed by atoms with Crippen LogP contribution in [0.3, 0.4) is 0 Å². The van der Waals surface area contributed by atoms with Gasteiger partial charge in [-0.2, -0.15) is 0 Å². The fraction of sp³-hybridized carbons (Fsp3) is 0.314. The molecule has 8 heteroatoms. The van der Waals surface area contributed by atoms with Gasteiger partial charge in [0, 0.05) is 11.6 Å². The standard InChI is InChI=1S/C51H55NO7/c1(2-4-18-33-54-45-29-30-46-44(34-45)28-19-31-52-46)3-17-32-53-39-47-48(55-35-40-20-9-5-10-21-40)49(56-36-41-22-11-6-12-23-41)50(57-37-42-24-13-7-14-25-42)51(59-47)58-38-43-26-15-8-16-27-43/h5-16,19-31,34,39,48-51H,1-4,17-18,32-33,35-38H2/b47-39+/t48-,49+,50-,51?/m1/s1. The lowest BCUT2D eigenvalue weighted by atomic mass is 10.0. The van der Waals surface area contributed by atoms with Crippen LogP contribution in [-0.4, -0.2) is 42.8 Å². The molecule has 0 aliphatic carbocycles. The zero-order valence-electron chi connectivity index (χ0n) is 33.7. The first-order valence-corrected chi connectivity index (χ1v) is 20.9. The third-order valence-electron chi connectivity index (χ3n) is 10.2. The second-order valence-electron chi connectivity index (χ2n) is 14.7. The summed E-state index contributed by atoms with van der Waals surface area (Å²) in [6, 6.07) is 50.5. The van der Waals surface area contributed by atoms with Gasteiger partial charge in [0.15, 0.2) is 5.76 Å². The van der Waals surface area contributed by atoms with E-state index in [-0.39, 0.29) is 0 Å². The first kappa shape index (κ1) is 41.6. The highest BCUT2D eigenvalue weighted by molar-refractivity contribution is 5.79. The van der Waals surface area contributed by atoms with Crippen molar-refractivity contribution in [3.05, 3.63) is 192 Å². The first-order valence-electron chi connectivity index (χ1n) is 20.9. The van der Waals surface area contributed by atoms with Crippen molar-refractivity contribution in [2.24, 2.45) is 0 Å². The predicted octanol–water partition coefficient (Wildman–Crippen LogP) is 11.1. The van der Waals surface area contributed by atoms with Gasteiger partial charge in [-0.05, 0) is 59.4 Å². The van der Waals surface area contributed by atoms with Crippen LogP contribution in [0.2, 0.25) is 0 Å². The summed E-state index contributed by atoms with van der Waals surface area (Å²) in [6.07, 6.45) is 7.27. The third kappa shape index (κ3) is 13.3. The molecule has 1 aliphatic rings. The first-order chi connectivity index (χ1) is 29.3. The lowest BCUT2D eigenvalue weighted by Gasteiger charge is -2.43. The maximum absolute atomic E-state index is 6.81. The Kier molecular flexibility index (Phi) is 16.4. The molecule has 0 radical (unpaired) electrons. The van der Waals surface area contributed by atoms with Gasteiger partial charge >= 0.3 is 0 Å². The Balaban J connectivity index is 0.992. The van der Waals surface area contributed by atoms with Crippen molar-refractivity contribution in [3.8, 4) is 5.75 Å². The molecule has 1 unspecified atom stereocenters. The molecule has 0 N–H and O–H groups in total. The molecule has 8 nitrogen and oxygen atoms in total. The van der Waals surface area contributed by atoms with Crippen LogP contribution in [0.25, 0.3) is 10.9 Å². The largest absolute Gasteiger partial charge is 0.498 e. The summed E-state index contributed by atoms with van der Waals surface area (Å²) in [5.74, 6) is 1.41. The van der Waals surface area contributed by atoms with Crippen LogP contribution in [0.5, 0.6) is 5.75 Å². The minimum absolute atomic E-state index is 0.332. The van der Waals surface area contributed by atoms with Crippen molar-refractivity contribution in [3.63, 3.8) is 0 Å². The van der Waals surface area contributed by atoms with Gasteiger partial charge in [0.05, 0.1) is 45.2 Å². The maximum atomic E-state index is 6.81. The van der Waals surface area contributed by atoms with E-state index in [2.05, 4.69) is 29.2 Å². The number of ether oxygens (including phenoxy) is 7. The van der Waals surface area contributed by atoms with Crippen LogP contribution in [0.4, 0.5) is 0 Å². The Bertz CT molecular complexity index is 2100. The van der Waals surface area contributed by atoms with Gasteiger partial charge in [0.2, 0.25) is 6.29 Å². The van der Waals surface area contributed by atoms with Crippen LogP contribution in [0.1, 0.15) is 60.8 Å². The molecule has 1 aliphatic heterocycles. The van der Waals surface area contributed by atoms with Crippen LogP contribution >= 0.6 is 0 Å². The topological polar surface area (TPSA) is 77.5 Å². The Morgan fingerprint density at radius 3 is 1.63 bits per heavy atom. The summed E-state index contributed by atoms with van der Waals surface area (Å²) in [7, 11) is 0. The van der Waals surface area contributed by atoms with Gasteiger partial charge < -0.3 is 33.2 Å². The Hall–Kier alpha value is -5.51. The lowest BCUT2D eigenvalue weighted by Crippen LogP contribution is -2.55. The highest BCUT2D eigenvalue weighted by Crippen LogP contribution is 2.34. The number of rotatable bonds is 23. The monoisotopic (exact) mass is 793 g/mol. The molecule has 6 aromatic rings. The molecule has 1 aromatic heterocycles. The summed E-state index contributed by atoms with van der Waals surface area (Å²) < 4.78 is 45.7. The SMILES string of the molecule is C(/OCCCCCCCCOc1ccc2ncccc2c1)=C1\OC(OCc2ccccc2)[C@H](OCc2ccccc2)[C@@H](OCc2ccccc2)[C@@H]1OCc1ccccc1. The van der Waals surface area contributed by atoms with E-state index in [4.69, 9.17) is 33.2 Å². The zero-order chi connectivity index (χ0) is 40.2. The van der Waals surface area contributed by atoms with E-state index in [0.717, 1.165) is 77.4 Å². The highest BCUT2D eigenvalue weighted by atomic mass is 16.7. The number of aromatic nitrogens is 1. The van der Waals surface area contributed by atoms with Gasteiger partial charge in [-0.25, -0.2) is 0 Å². The molecule has 0 bridgehead atoms. The summed E-state index contributed by atoms with van der Waals surface area (Å²) in [6.45, 7) is 2.65. The van der Waals surface area contributed by atoms with E-state index in [1.165, 1.54) is 0 Å². The smallest absolute Gasteiger partial charge is 0.229 e. The van der Waals surface area contributed by atoms with Crippen LogP contribution in [0, 0.1) is 0 Å². The Morgan fingerprint density at radius 2 is 1.02 bits per heavy atom. The normalized spacial score (nSPS) is 18.4. The van der Waals surface area contributed by atoms with Gasteiger partial charge in [0.25, 0.3) is 0 Å². The quantitative estimate of drug-likeness (QED) is 0.0469. The number of pyridine rings is 1. The van der Waals surface area contributed by atoms with Crippen LogP contribution in [0.15, 0.2) is 170 Å². The van der Waals surface area contributed by atoms with Crippen molar-refractivity contribution in [2.75, 3.05) is 13.2 Å². The summed E-state index contributed by atoms with van der Waals surface area (Å²) in [5, 5.41) is 1.10. The van der Waals surface area contributed by atoms with Gasteiger partial charge in [0.1, 0.15) is 30.3 Å². The average Bonchev–Trinajstić information content (AvgIpc) is 3.29. The van der Waals surface area contributed by atoms with Crippen molar-refractivity contribution in [1.29, 1.82) is 0 Å². The average molecular weight is 794 g/mol. The number of hydrogen-bond acceptors (Lipinski definition) is 8. The van der Waals surface area contributed by atoms with E-state index in [1.54, 1.807) is 6.26 Å². The third-order valence-corrected chi connectivity index (χ3v) is 10.2. The van der Waals surface area contributed by atoms with Gasteiger partial charge in [-0.3, -0.25) is 4.98 Å². The molecule has 0 amide bonds. The van der Waals surface area contributed by atoms with Gasteiger partial charge in [-0.15, -0.1) is 0 Å². The van der Waals surface area contributed by atoms with E-state index in [1.807, 2.05) is 134 Å². The number of fused-ring (bicyclic) bond motifs is 1. The molecule has 2 heterocycles. The zero-order valence-corrected chi connectivity index (χ0v) is 33.7. The number of hydrogen-bond donors (Lipinski definition) is 0. The fourth-order valence-corrected chi connectivity index (χ4v) is 7.03. The minimum Gasteiger partial charge on any atom is -0.498 e. The number of nitrogens with zero attached hydrogens (tertiary/aromatic N) is 1. The molecule has 5 aromatic carbocycles. The molecular formula is C51H55NO7. The van der Waals surface area contributed by atoms with E-state index in [0.29, 0.717) is 45.4 Å². The summed E-state index contributed by atoms with van der Waals surface area (Å²) >= 11 is 0. The summed E-state index contributed by atoms with van der Waals surface area (Å²) in [4.78, 5) is 4.39. The van der Waals surface area contributed by atoms with Crippen LogP contribution in [-0.2, 0) is 54.8 Å². The second-order valence-corrected chi connectivity index (χ2v) is 14.7. The molecule has 4 atom stereocenters. The molecular weight excluding hydrogens is 739 g/mol. The van der Waals surface area contributed by atoms with E-state index >= 15 is 0 Å². The molecule has 306 valence electrons. The van der Waals surface area contributed by atoms with E-state index < -0.39 is 24.6 Å². The van der Waals surface area contributed by atoms with Gasteiger partial charge in [-0.1, -0.05) is 153 Å². The van der Waals surface area contributed by atoms with Crippen LogP contribution < -0.4 is 4.74 Å². The molecule has 0 saturated carbocycles. The minimum atomic E-state index is -0.798. The van der Waals surface area contributed by atoms with E-state index in [9.17, 15) is 0 Å². The molecule has 7 rings (SSSR count).